The number of benzene rings is 2. The molecule has 6 nitrogen and oxygen atoms in total. The number of nitro benzene ring substituents is 1. The van der Waals surface area contributed by atoms with E-state index in [0.717, 1.165) is 18.2 Å². The summed E-state index contributed by atoms with van der Waals surface area (Å²) >= 11 is 0. The van der Waals surface area contributed by atoms with Gasteiger partial charge in [-0.2, -0.15) is 0 Å². The molecule has 2 rings (SSSR count). The van der Waals surface area contributed by atoms with Crippen LogP contribution < -0.4 is 11.1 Å². The number of nitro groups is 1. The predicted octanol–water partition coefficient (Wildman–Crippen LogP) is 2.57. The van der Waals surface area contributed by atoms with Gasteiger partial charge in [-0.1, -0.05) is 12.1 Å². The van der Waals surface area contributed by atoms with E-state index in [4.69, 9.17) is 5.73 Å². The molecule has 7 heteroatoms. The molecule has 0 aromatic heterocycles. The van der Waals surface area contributed by atoms with Crippen LogP contribution in [0, 0.1) is 15.9 Å². The zero-order valence-electron chi connectivity index (χ0n) is 10.2. The van der Waals surface area contributed by atoms with E-state index in [1.54, 1.807) is 12.1 Å². The van der Waals surface area contributed by atoms with Gasteiger partial charge in [0.05, 0.1) is 16.6 Å². The number of nitrogens with zero attached hydrogens (tertiary/aromatic N) is 1. The SMILES string of the molecule is Nc1ccccc1C(=O)Nc1ccc(F)cc1[N+](=O)[O-]. The normalized spacial score (nSPS) is 10.1. The lowest BCUT2D eigenvalue weighted by molar-refractivity contribution is -0.384. The van der Waals surface area contributed by atoms with E-state index in [2.05, 4.69) is 5.32 Å². The maximum absolute atomic E-state index is 13.0. The molecule has 0 fully saturated rings. The first-order chi connectivity index (χ1) is 9.49. The molecule has 0 radical (unpaired) electrons. The molecule has 1 amide bonds. The molecule has 102 valence electrons. The summed E-state index contributed by atoms with van der Waals surface area (Å²) in [6.07, 6.45) is 0. The molecule has 3 N–H and O–H groups in total. The Bertz CT molecular complexity index is 688. The van der Waals surface area contributed by atoms with E-state index >= 15 is 0 Å². The second kappa shape index (κ2) is 5.35. The van der Waals surface area contributed by atoms with Gasteiger partial charge in [-0.25, -0.2) is 4.39 Å². The third-order valence-electron chi connectivity index (χ3n) is 2.61. The number of nitrogen functional groups attached to an aromatic ring is 1. The van der Waals surface area contributed by atoms with Crippen LogP contribution in [0.3, 0.4) is 0 Å². The van der Waals surface area contributed by atoms with Crippen LogP contribution in [0.25, 0.3) is 0 Å². The molecule has 0 saturated carbocycles. The number of rotatable bonds is 3. The molecule has 0 aliphatic carbocycles. The summed E-state index contributed by atoms with van der Waals surface area (Å²) in [5, 5.41) is 13.2. The summed E-state index contributed by atoms with van der Waals surface area (Å²) in [5.74, 6) is -1.35. The first-order valence-electron chi connectivity index (χ1n) is 5.59. The van der Waals surface area contributed by atoms with Gasteiger partial charge in [0.1, 0.15) is 11.5 Å². The van der Waals surface area contributed by atoms with Crippen molar-refractivity contribution in [1.82, 2.24) is 0 Å². The van der Waals surface area contributed by atoms with Crippen molar-refractivity contribution >= 4 is 23.0 Å². The average molecular weight is 275 g/mol. The Hall–Kier alpha value is -2.96. The van der Waals surface area contributed by atoms with Gasteiger partial charge in [0.15, 0.2) is 0 Å². The average Bonchev–Trinajstić information content (AvgIpc) is 2.41. The van der Waals surface area contributed by atoms with Crippen molar-refractivity contribution in [3.8, 4) is 0 Å². The van der Waals surface area contributed by atoms with Crippen LogP contribution in [0.4, 0.5) is 21.5 Å². The van der Waals surface area contributed by atoms with Crippen molar-refractivity contribution in [3.63, 3.8) is 0 Å². The van der Waals surface area contributed by atoms with Gasteiger partial charge in [0.2, 0.25) is 0 Å². The molecule has 20 heavy (non-hydrogen) atoms. The number of carbonyl (C=O) groups excluding carboxylic acids is 1. The van der Waals surface area contributed by atoms with Crippen LogP contribution in [-0.2, 0) is 0 Å². The molecular weight excluding hydrogens is 265 g/mol. The number of para-hydroxylation sites is 1. The quantitative estimate of drug-likeness (QED) is 0.511. The third kappa shape index (κ3) is 2.72. The summed E-state index contributed by atoms with van der Waals surface area (Å²) in [6.45, 7) is 0. The smallest absolute Gasteiger partial charge is 0.295 e. The highest BCUT2D eigenvalue weighted by atomic mass is 19.1. The lowest BCUT2D eigenvalue weighted by atomic mass is 10.1. The van der Waals surface area contributed by atoms with Crippen molar-refractivity contribution in [1.29, 1.82) is 0 Å². The lowest BCUT2D eigenvalue weighted by Gasteiger charge is -2.07. The van der Waals surface area contributed by atoms with Crippen LogP contribution in [0.5, 0.6) is 0 Å². The summed E-state index contributed by atoms with van der Waals surface area (Å²) in [6, 6.07) is 9.19. The van der Waals surface area contributed by atoms with Gasteiger partial charge in [-0.05, 0) is 24.3 Å². The Labute approximate surface area is 113 Å². The largest absolute Gasteiger partial charge is 0.398 e. The minimum atomic E-state index is -0.771. The Kier molecular flexibility index (Phi) is 3.60. The van der Waals surface area contributed by atoms with Crippen molar-refractivity contribution < 1.29 is 14.1 Å². The monoisotopic (exact) mass is 275 g/mol. The number of amides is 1. The van der Waals surface area contributed by atoms with Gasteiger partial charge < -0.3 is 11.1 Å². The van der Waals surface area contributed by atoms with E-state index in [1.807, 2.05) is 0 Å². The summed E-state index contributed by atoms with van der Waals surface area (Å²) in [4.78, 5) is 22.0. The number of anilines is 2. The highest BCUT2D eigenvalue weighted by Crippen LogP contribution is 2.26. The maximum Gasteiger partial charge on any atom is 0.295 e. The molecule has 0 aliphatic rings. The van der Waals surface area contributed by atoms with Crippen molar-refractivity contribution in [2.24, 2.45) is 0 Å². The van der Waals surface area contributed by atoms with Gasteiger partial charge in [0, 0.05) is 5.69 Å². The number of hydrogen-bond donors (Lipinski definition) is 2. The van der Waals surface area contributed by atoms with E-state index in [0.29, 0.717) is 0 Å². The van der Waals surface area contributed by atoms with Crippen LogP contribution in [0.15, 0.2) is 42.5 Å². The van der Waals surface area contributed by atoms with Gasteiger partial charge >= 0.3 is 0 Å². The maximum atomic E-state index is 13.0. The van der Waals surface area contributed by atoms with E-state index in [1.165, 1.54) is 12.1 Å². The highest BCUT2D eigenvalue weighted by molar-refractivity contribution is 6.08. The molecular formula is C13H10FN3O3. The first-order valence-corrected chi connectivity index (χ1v) is 5.59. The second-order valence-corrected chi connectivity index (χ2v) is 3.96. The van der Waals surface area contributed by atoms with Gasteiger partial charge in [-0.3, -0.25) is 14.9 Å². The van der Waals surface area contributed by atoms with Crippen LogP contribution in [-0.4, -0.2) is 10.8 Å². The zero-order valence-corrected chi connectivity index (χ0v) is 10.2. The molecule has 0 bridgehead atoms. The first kappa shape index (κ1) is 13.5. The predicted molar refractivity (Wildman–Crippen MR) is 71.9 cm³/mol. The summed E-state index contributed by atoms with van der Waals surface area (Å²) < 4.78 is 13.0. The number of nitrogens with two attached hydrogens (primary N) is 1. The molecule has 0 heterocycles. The number of nitrogens with one attached hydrogen (secondary N) is 1. The lowest BCUT2D eigenvalue weighted by Crippen LogP contribution is -2.15. The van der Waals surface area contributed by atoms with Crippen LogP contribution in [0.2, 0.25) is 0 Å². The third-order valence-corrected chi connectivity index (χ3v) is 2.61. The Morgan fingerprint density at radius 2 is 1.95 bits per heavy atom. The fourth-order valence-electron chi connectivity index (χ4n) is 1.65. The molecule has 0 spiro atoms. The topological polar surface area (TPSA) is 98.3 Å². The van der Waals surface area contributed by atoms with Crippen molar-refractivity contribution in [3.05, 3.63) is 64.0 Å². The molecule has 0 saturated heterocycles. The zero-order chi connectivity index (χ0) is 14.7. The standard InChI is InChI=1S/C13H10FN3O3/c14-8-5-6-11(12(7-8)17(19)20)16-13(18)9-3-1-2-4-10(9)15/h1-7H,15H2,(H,16,18). The van der Waals surface area contributed by atoms with Crippen LogP contribution in [0.1, 0.15) is 10.4 Å². The van der Waals surface area contributed by atoms with E-state index < -0.39 is 22.3 Å². The highest BCUT2D eigenvalue weighted by Gasteiger charge is 2.18. The minimum Gasteiger partial charge on any atom is -0.398 e. The number of carbonyl (C=O) groups is 1. The van der Waals surface area contributed by atoms with Gasteiger partial charge in [0.25, 0.3) is 11.6 Å². The second-order valence-electron chi connectivity index (χ2n) is 3.96. The van der Waals surface area contributed by atoms with Gasteiger partial charge in [-0.15, -0.1) is 0 Å². The summed E-state index contributed by atoms with van der Waals surface area (Å²) in [5.41, 5.74) is 5.46. The Balaban J connectivity index is 2.33. The minimum absolute atomic E-state index is 0.0929. The Morgan fingerprint density at radius 3 is 2.60 bits per heavy atom. The van der Waals surface area contributed by atoms with Crippen molar-refractivity contribution in [2.45, 2.75) is 0 Å². The van der Waals surface area contributed by atoms with Crippen molar-refractivity contribution in [2.75, 3.05) is 11.1 Å². The fourth-order valence-corrected chi connectivity index (χ4v) is 1.65. The molecule has 2 aromatic carbocycles. The molecule has 0 atom stereocenters. The van der Waals surface area contributed by atoms with Crippen LogP contribution >= 0.6 is 0 Å². The molecule has 0 aliphatic heterocycles. The number of halogens is 1. The fraction of sp³-hybridized carbons (Fsp3) is 0. The Morgan fingerprint density at radius 1 is 1.25 bits per heavy atom. The van der Waals surface area contributed by atoms with E-state index in [9.17, 15) is 19.3 Å². The summed E-state index contributed by atoms with van der Waals surface area (Å²) in [7, 11) is 0. The molecule has 0 unspecified atom stereocenters. The van der Waals surface area contributed by atoms with E-state index in [-0.39, 0.29) is 16.9 Å². The number of hydrogen-bond acceptors (Lipinski definition) is 4. The molecule has 2 aromatic rings.